The molecule has 0 radical (unpaired) electrons. The maximum Gasteiger partial charge on any atom is 0.226 e. The highest BCUT2D eigenvalue weighted by Crippen LogP contribution is 2.12. The zero-order valence-electron chi connectivity index (χ0n) is 11.3. The molecule has 1 N–H and O–H groups in total. The van der Waals surface area contributed by atoms with Crippen molar-refractivity contribution < 1.29 is 9.59 Å². The van der Waals surface area contributed by atoms with Crippen LogP contribution in [0.1, 0.15) is 26.7 Å². The highest BCUT2D eigenvalue weighted by Gasteiger charge is 2.11. The minimum atomic E-state index is -0.247. The van der Waals surface area contributed by atoms with E-state index in [1.807, 2.05) is 39.1 Å². The Morgan fingerprint density at radius 2 is 2.17 bits per heavy atom. The lowest BCUT2D eigenvalue weighted by molar-refractivity contribution is -0.125. The van der Waals surface area contributed by atoms with Gasteiger partial charge in [-0.2, -0.15) is 0 Å². The van der Waals surface area contributed by atoms with E-state index in [9.17, 15) is 9.59 Å². The first kappa shape index (κ1) is 16.2. The van der Waals surface area contributed by atoms with Crippen LogP contribution in [-0.2, 0) is 9.59 Å². The minimum Gasteiger partial charge on any atom is -0.372 e. The number of nitrogens with zero attached hydrogens (tertiary/aromatic N) is 1. The van der Waals surface area contributed by atoms with Crippen molar-refractivity contribution in [3.8, 4) is 0 Å². The number of carbonyl (C=O) groups excluding carboxylic acids is 2. The molecule has 2 amide bonds. The van der Waals surface area contributed by atoms with Crippen LogP contribution in [0.15, 0.2) is 36.6 Å². The van der Waals surface area contributed by atoms with Crippen LogP contribution in [0.3, 0.4) is 0 Å². The van der Waals surface area contributed by atoms with Crippen molar-refractivity contribution in [1.29, 1.82) is 0 Å². The molecule has 0 aliphatic rings. The second-order valence-corrected chi connectivity index (χ2v) is 4.01. The highest BCUT2D eigenvalue weighted by molar-refractivity contribution is 5.85. The summed E-state index contributed by atoms with van der Waals surface area (Å²) in [5, 5.41) is 2.13. The van der Waals surface area contributed by atoms with Crippen LogP contribution < -0.4 is 5.32 Å². The van der Waals surface area contributed by atoms with Crippen LogP contribution in [0.4, 0.5) is 0 Å². The van der Waals surface area contributed by atoms with Gasteiger partial charge in [0.25, 0.3) is 0 Å². The monoisotopic (exact) mass is 250 g/mol. The molecule has 100 valence electrons. The summed E-state index contributed by atoms with van der Waals surface area (Å²) < 4.78 is 0. The van der Waals surface area contributed by atoms with Crippen LogP contribution in [0.2, 0.25) is 0 Å². The van der Waals surface area contributed by atoms with E-state index in [1.54, 1.807) is 6.08 Å². The summed E-state index contributed by atoms with van der Waals surface area (Å²) in [6.07, 6.45) is 9.06. The SMILES string of the molecule is C=C/C(=C\C=C/C)N(C)C(C)CCC(=O)NC=O. The van der Waals surface area contributed by atoms with Gasteiger partial charge >= 0.3 is 0 Å². The molecule has 18 heavy (non-hydrogen) atoms. The van der Waals surface area contributed by atoms with Gasteiger partial charge < -0.3 is 4.90 Å². The van der Waals surface area contributed by atoms with Gasteiger partial charge in [0.15, 0.2) is 0 Å². The zero-order valence-corrected chi connectivity index (χ0v) is 11.3. The molecule has 0 heterocycles. The molecular weight excluding hydrogens is 228 g/mol. The van der Waals surface area contributed by atoms with Gasteiger partial charge in [-0.1, -0.05) is 18.7 Å². The minimum absolute atomic E-state index is 0.192. The summed E-state index contributed by atoms with van der Waals surface area (Å²) in [7, 11) is 1.96. The van der Waals surface area contributed by atoms with Gasteiger partial charge in [0.05, 0.1) is 0 Å². The van der Waals surface area contributed by atoms with Crippen LogP contribution >= 0.6 is 0 Å². The second-order valence-electron chi connectivity index (χ2n) is 4.01. The van der Waals surface area contributed by atoms with Crippen LogP contribution in [-0.4, -0.2) is 30.3 Å². The summed E-state index contributed by atoms with van der Waals surface area (Å²) in [4.78, 5) is 23.3. The molecule has 0 aromatic heterocycles. The van der Waals surface area contributed by atoms with Crippen molar-refractivity contribution in [1.82, 2.24) is 10.2 Å². The number of amides is 2. The van der Waals surface area contributed by atoms with Crippen LogP contribution in [0.25, 0.3) is 0 Å². The first-order valence-corrected chi connectivity index (χ1v) is 5.98. The molecule has 0 aromatic carbocycles. The maximum atomic E-state index is 11.2. The Morgan fingerprint density at radius 3 is 2.67 bits per heavy atom. The van der Waals surface area contributed by atoms with Crippen molar-refractivity contribution in [2.45, 2.75) is 32.7 Å². The molecule has 4 heteroatoms. The largest absolute Gasteiger partial charge is 0.372 e. The van der Waals surface area contributed by atoms with Gasteiger partial charge in [0, 0.05) is 25.2 Å². The fourth-order valence-electron chi connectivity index (χ4n) is 1.45. The highest BCUT2D eigenvalue weighted by atomic mass is 16.2. The van der Waals surface area contributed by atoms with E-state index in [0.717, 1.165) is 5.70 Å². The molecule has 0 spiro atoms. The first-order chi connectivity index (χ1) is 8.56. The van der Waals surface area contributed by atoms with E-state index in [-0.39, 0.29) is 11.9 Å². The quantitative estimate of drug-likeness (QED) is 0.529. The predicted molar refractivity (Wildman–Crippen MR) is 73.8 cm³/mol. The van der Waals surface area contributed by atoms with Gasteiger partial charge in [0.2, 0.25) is 12.3 Å². The molecule has 1 atom stereocenters. The number of rotatable bonds is 8. The summed E-state index contributed by atoms with van der Waals surface area (Å²) in [6, 6.07) is 0.192. The average molecular weight is 250 g/mol. The van der Waals surface area contributed by atoms with Crippen molar-refractivity contribution in [3.05, 3.63) is 36.6 Å². The number of imide groups is 1. The zero-order chi connectivity index (χ0) is 14.0. The predicted octanol–water partition coefficient (Wildman–Crippen LogP) is 2.01. The van der Waals surface area contributed by atoms with Gasteiger partial charge in [-0.15, -0.1) is 0 Å². The molecule has 0 aliphatic carbocycles. The van der Waals surface area contributed by atoms with Gasteiger partial charge in [0.1, 0.15) is 0 Å². The molecule has 4 nitrogen and oxygen atoms in total. The average Bonchev–Trinajstić information content (AvgIpc) is 2.36. The van der Waals surface area contributed by atoms with Crippen LogP contribution in [0, 0.1) is 0 Å². The number of hydrogen-bond donors (Lipinski definition) is 1. The topological polar surface area (TPSA) is 49.4 Å². The van der Waals surface area contributed by atoms with Crippen LogP contribution in [0.5, 0.6) is 0 Å². The van der Waals surface area contributed by atoms with Gasteiger partial charge in [-0.05, 0) is 32.4 Å². The third-order valence-corrected chi connectivity index (χ3v) is 2.75. The normalized spacial score (nSPS) is 13.2. The standard InChI is InChI=1S/C14H22N2O2/c1-5-7-8-13(6-2)16(4)12(3)9-10-14(18)15-11-17/h5-8,11-12H,2,9-10H2,1,3-4H3,(H,15,17,18)/b7-5-,13-8+. The molecule has 0 aromatic rings. The molecular formula is C14H22N2O2. The molecule has 0 saturated carbocycles. The lowest BCUT2D eigenvalue weighted by Gasteiger charge is -2.27. The fourth-order valence-corrected chi connectivity index (χ4v) is 1.45. The summed E-state index contributed by atoms with van der Waals surface area (Å²) >= 11 is 0. The van der Waals surface area contributed by atoms with Crippen molar-refractivity contribution in [2.75, 3.05) is 7.05 Å². The van der Waals surface area contributed by atoms with E-state index in [1.165, 1.54) is 0 Å². The number of likely N-dealkylation sites (N-methyl/N-ethyl adjacent to an activating group) is 1. The van der Waals surface area contributed by atoms with Crippen molar-refractivity contribution in [3.63, 3.8) is 0 Å². The maximum absolute atomic E-state index is 11.2. The third kappa shape index (κ3) is 6.03. The third-order valence-electron chi connectivity index (χ3n) is 2.75. The molecule has 0 bridgehead atoms. The van der Waals surface area contributed by atoms with E-state index >= 15 is 0 Å². The van der Waals surface area contributed by atoms with Gasteiger partial charge in [-0.3, -0.25) is 14.9 Å². The first-order valence-electron chi connectivity index (χ1n) is 5.98. The van der Waals surface area contributed by atoms with Gasteiger partial charge in [-0.25, -0.2) is 0 Å². The molecule has 0 saturated heterocycles. The number of nitrogens with one attached hydrogen (secondary N) is 1. The molecule has 0 fully saturated rings. The lowest BCUT2D eigenvalue weighted by Crippen LogP contribution is -2.30. The Hall–Kier alpha value is -1.84. The summed E-state index contributed by atoms with van der Waals surface area (Å²) in [5.74, 6) is -0.247. The van der Waals surface area contributed by atoms with Crippen molar-refractivity contribution in [2.24, 2.45) is 0 Å². The summed E-state index contributed by atoms with van der Waals surface area (Å²) in [5.41, 5.74) is 0.997. The molecule has 0 aliphatic heterocycles. The number of allylic oxidation sites excluding steroid dienone is 4. The van der Waals surface area contributed by atoms with E-state index < -0.39 is 0 Å². The Balaban J connectivity index is 4.39. The fraction of sp³-hybridized carbons (Fsp3) is 0.429. The van der Waals surface area contributed by atoms with E-state index in [4.69, 9.17) is 0 Å². The lowest BCUT2D eigenvalue weighted by atomic mass is 10.1. The molecule has 0 rings (SSSR count). The Labute approximate surface area is 109 Å². The molecule has 1 unspecified atom stereocenters. The van der Waals surface area contributed by atoms with E-state index in [0.29, 0.717) is 19.3 Å². The Bertz CT molecular complexity index is 346. The Kier molecular flexibility index (Phi) is 8.27. The Morgan fingerprint density at radius 1 is 1.50 bits per heavy atom. The number of hydrogen-bond acceptors (Lipinski definition) is 3. The number of carbonyl (C=O) groups is 2. The summed E-state index contributed by atoms with van der Waals surface area (Å²) in [6.45, 7) is 7.75. The smallest absolute Gasteiger partial charge is 0.226 e. The van der Waals surface area contributed by atoms with Crippen molar-refractivity contribution >= 4 is 12.3 Å². The second kappa shape index (κ2) is 9.22. The van der Waals surface area contributed by atoms with E-state index in [2.05, 4.69) is 16.8 Å².